The minimum Gasteiger partial charge on any atom is -0.456 e. The molecule has 0 bridgehead atoms. The molecule has 3 rings (SSSR count). The van der Waals surface area contributed by atoms with Crippen LogP contribution in [0.5, 0.6) is 0 Å². The highest BCUT2D eigenvalue weighted by molar-refractivity contribution is 6.02. The van der Waals surface area contributed by atoms with Crippen LogP contribution < -0.4 is 5.32 Å². The summed E-state index contributed by atoms with van der Waals surface area (Å²) < 4.78 is 7.01. The van der Waals surface area contributed by atoms with Gasteiger partial charge in [0.15, 0.2) is 11.6 Å². The van der Waals surface area contributed by atoms with Crippen molar-refractivity contribution < 1.29 is 9.21 Å². The summed E-state index contributed by atoms with van der Waals surface area (Å²) >= 11 is 0. The van der Waals surface area contributed by atoms with Gasteiger partial charge in [-0.15, -0.1) is 5.10 Å². The smallest absolute Gasteiger partial charge is 0.291 e. The number of aryl methyl sites for hydroxylation is 2. The lowest BCUT2D eigenvalue weighted by atomic mass is 10.2. The number of nitrogens with one attached hydrogen (secondary N) is 1. The van der Waals surface area contributed by atoms with E-state index in [1.807, 2.05) is 25.1 Å². The maximum Gasteiger partial charge on any atom is 0.291 e. The predicted octanol–water partition coefficient (Wildman–Crippen LogP) is 2.28. The molecule has 1 N–H and O–H groups in total. The van der Waals surface area contributed by atoms with Gasteiger partial charge in [0.25, 0.3) is 5.91 Å². The molecule has 2 heterocycles. The van der Waals surface area contributed by atoms with E-state index in [1.54, 1.807) is 29.9 Å². The van der Waals surface area contributed by atoms with Gasteiger partial charge in [-0.1, -0.05) is 19.1 Å². The Hall–Kier alpha value is -2.96. The molecule has 2 aromatic heterocycles. The first-order chi connectivity index (χ1) is 10.7. The summed E-state index contributed by atoms with van der Waals surface area (Å²) in [6, 6.07) is 10.8. The number of carbonyl (C=O) groups excluding carboxylic acids is 1. The van der Waals surface area contributed by atoms with Gasteiger partial charge in [-0.05, 0) is 34.7 Å². The molecule has 1 amide bonds. The van der Waals surface area contributed by atoms with Crippen molar-refractivity contribution in [2.45, 2.75) is 13.3 Å². The maximum absolute atomic E-state index is 12.2. The number of tetrazole rings is 1. The molecule has 7 heteroatoms. The molecule has 0 aliphatic carbocycles. The summed E-state index contributed by atoms with van der Waals surface area (Å²) in [6.45, 7) is 1.97. The molecule has 3 aromatic rings. The van der Waals surface area contributed by atoms with E-state index in [0.717, 1.165) is 17.7 Å². The van der Waals surface area contributed by atoms with Crippen LogP contribution in [0.15, 0.2) is 40.8 Å². The highest BCUT2D eigenvalue weighted by Crippen LogP contribution is 2.20. The lowest BCUT2D eigenvalue weighted by Gasteiger charge is -2.05. The zero-order valence-electron chi connectivity index (χ0n) is 12.3. The summed E-state index contributed by atoms with van der Waals surface area (Å²) in [5.74, 6) is 1.42. The van der Waals surface area contributed by atoms with Crippen molar-refractivity contribution in [3.63, 3.8) is 0 Å². The van der Waals surface area contributed by atoms with Crippen molar-refractivity contribution in [1.29, 1.82) is 0 Å². The number of amides is 1. The van der Waals surface area contributed by atoms with E-state index in [9.17, 15) is 4.79 Å². The number of rotatable bonds is 4. The number of anilines is 1. The van der Waals surface area contributed by atoms with E-state index in [1.165, 1.54) is 0 Å². The number of furan rings is 1. The number of carbonyl (C=O) groups is 1. The second-order valence-corrected chi connectivity index (χ2v) is 4.78. The largest absolute Gasteiger partial charge is 0.456 e. The monoisotopic (exact) mass is 297 g/mol. The van der Waals surface area contributed by atoms with Crippen LogP contribution in [0.4, 0.5) is 5.69 Å². The average molecular weight is 297 g/mol. The summed E-state index contributed by atoms with van der Waals surface area (Å²) in [5.41, 5.74) is 1.47. The normalized spacial score (nSPS) is 10.6. The van der Waals surface area contributed by atoms with Crippen LogP contribution in [0.25, 0.3) is 11.4 Å². The summed E-state index contributed by atoms with van der Waals surface area (Å²) in [6.07, 6.45) is 0.752. The van der Waals surface area contributed by atoms with Crippen LogP contribution in [0.2, 0.25) is 0 Å². The van der Waals surface area contributed by atoms with Gasteiger partial charge in [0.1, 0.15) is 5.76 Å². The van der Waals surface area contributed by atoms with E-state index in [-0.39, 0.29) is 5.91 Å². The number of aromatic nitrogens is 4. The van der Waals surface area contributed by atoms with Crippen LogP contribution in [-0.2, 0) is 13.5 Å². The van der Waals surface area contributed by atoms with Crippen LogP contribution in [0.1, 0.15) is 23.2 Å². The van der Waals surface area contributed by atoms with Crippen LogP contribution in [0, 0.1) is 0 Å². The molecular weight excluding hydrogens is 282 g/mol. The zero-order chi connectivity index (χ0) is 15.5. The Kier molecular flexibility index (Phi) is 3.69. The number of hydrogen-bond acceptors (Lipinski definition) is 5. The third kappa shape index (κ3) is 2.73. The van der Waals surface area contributed by atoms with Crippen molar-refractivity contribution in [2.75, 3.05) is 5.32 Å². The van der Waals surface area contributed by atoms with Gasteiger partial charge in [0.2, 0.25) is 0 Å². The van der Waals surface area contributed by atoms with E-state index < -0.39 is 0 Å². The van der Waals surface area contributed by atoms with Gasteiger partial charge >= 0.3 is 0 Å². The van der Waals surface area contributed by atoms with Crippen molar-refractivity contribution in [1.82, 2.24) is 20.2 Å². The molecule has 22 heavy (non-hydrogen) atoms. The Morgan fingerprint density at radius 1 is 1.32 bits per heavy atom. The Balaban J connectivity index is 1.81. The minimum absolute atomic E-state index is 0.284. The van der Waals surface area contributed by atoms with Crippen molar-refractivity contribution in [3.05, 3.63) is 47.9 Å². The molecule has 0 aliphatic rings. The third-order valence-electron chi connectivity index (χ3n) is 3.23. The lowest BCUT2D eigenvalue weighted by Crippen LogP contribution is -2.11. The fraction of sp³-hybridized carbons (Fsp3) is 0.200. The second-order valence-electron chi connectivity index (χ2n) is 4.78. The summed E-state index contributed by atoms with van der Waals surface area (Å²) in [4.78, 5) is 12.2. The Morgan fingerprint density at radius 3 is 2.86 bits per heavy atom. The van der Waals surface area contributed by atoms with Crippen molar-refractivity contribution in [3.8, 4) is 11.4 Å². The summed E-state index contributed by atoms with van der Waals surface area (Å²) in [5, 5.41) is 14.2. The van der Waals surface area contributed by atoms with Gasteiger partial charge < -0.3 is 9.73 Å². The fourth-order valence-electron chi connectivity index (χ4n) is 2.09. The van der Waals surface area contributed by atoms with Crippen molar-refractivity contribution >= 4 is 11.6 Å². The third-order valence-corrected chi connectivity index (χ3v) is 3.23. The molecule has 0 saturated heterocycles. The van der Waals surface area contributed by atoms with E-state index in [2.05, 4.69) is 20.8 Å². The van der Waals surface area contributed by atoms with Gasteiger partial charge in [-0.2, -0.15) is 0 Å². The number of benzene rings is 1. The molecule has 0 atom stereocenters. The number of nitrogens with zero attached hydrogens (tertiary/aromatic N) is 4. The molecule has 0 aliphatic heterocycles. The first-order valence-electron chi connectivity index (χ1n) is 6.90. The molecule has 0 spiro atoms. The molecule has 0 saturated carbocycles. The lowest BCUT2D eigenvalue weighted by molar-refractivity contribution is 0.0995. The van der Waals surface area contributed by atoms with E-state index in [0.29, 0.717) is 17.3 Å². The summed E-state index contributed by atoms with van der Waals surface area (Å²) in [7, 11) is 1.76. The van der Waals surface area contributed by atoms with Gasteiger partial charge in [0, 0.05) is 24.7 Å². The molecule has 112 valence electrons. The van der Waals surface area contributed by atoms with E-state index >= 15 is 0 Å². The molecule has 1 aromatic carbocycles. The highest BCUT2D eigenvalue weighted by Gasteiger charge is 2.12. The quantitative estimate of drug-likeness (QED) is 0.798. The molecular formula is C15H15N5O2. The molecule has 0 fully saturated rings. The highest BCUT2D eigenvalue weighted by atomic mass is 16.3. The van der Waals surface area contributed by atoms with Gasteiger partial charge in [-0.25, -0.2) is 4.68 Å². The Labute approximate surface area is 126 Å². The standard InChI is InChI=1S/C15H15N5O2/c1-3-12-7-8-13(22-12)15(21)16-11-6-4-5-10(9-11)14-17-18-19-20(14)2/h4-9H,3H2,1-2H3,(H,16,21). The van der Waals surface area contributed by atoms with Crippen LogP contribution in [0.3, 0.4) is 0 Å². The molecule has 7 nitrogen and oxygen atoms in total. The fourth-order valence-corrected chi connectivity index (χ4v) is 2.09. The predicted molar refractivity (Wildman–Crippen MR) is 80.3 cm³/mol. The first-order valence-corrected chi connectivity index (χ1v) is 6.90. The maximum atomic E-state index is 12.2. The van der Waals surface area contributed by atoms with Gasteiger partial charge in [0.05, 0.1) is 0 Å². The zero-order valence-corrected chi connectivity index (χ0v) is 12.3. The number of hydrogen-bond donors (Lipinski definition) is 1. The topological polar surface area (TPSA) is 85.8 Å². The van der Waals surface area contributed by atoms with Crippen LogP contribution in [-0.4, -0.2) is 26.1 Å². The second kappa shape index (κ2) is 5.80. The van der Waals surface area contributed by atoms with Crippen molar-refractivity contribution in [2.24, 2.45) is 7.05 Å². The molecule has 0 radical (unpaired) electrons. The minimum atomic E-state index is -0.284. The Morgan fingerprint density at radius 2 is 2.18 bits per heavy atom. The first kappa shape index (κ1) is 14.0. The Bertz CT molecular complexity index is 806. The van der Waals surface area contributed by atoms with Gasteiger partial charge in [-0.3, -0.25) is 4.79 Å². The average Bonchev–Trinajstić information content (AvgIpc) is 3.16. The molecule has 0 unspecified atom stereocenters. The van der Waals surface area contributed by atoms with E-state index in [4.69, 9.17) is 4.42 Å². The SMILES string of the molecule is CCc1ccc(C(=O)Nc2cccc(-c3nnnn3C)c2)o1. The van der Waals surface area contributed by atoms with Crippen LogP contribution >= 0.6 is 0 Å².